The largest absolute Gasteiger partial charge is 0.492 e. The first-order valence-corrected chi connectivity index (χ1v) is 10.9. The van der Waals surface area contributed by atoms with Gasteiger partial charge in [0.15, 0.2) is 0 Å². The van der Waals surface area contributed by atoms with E-state index < -0.39 is 0 Å². The van der Waals surface area contributed by atoms with Crippen LogP contribution in [0.4, 0.5) is 0 Å². The summed E-state index contributed by atoms with van der Waals surface area (Å²) in [5.41, 5.74) is 4.60. The van der Waals surface area contributed by atoms with E-state index in [1.807, 2.05) is 42.6 Å². The van der Waals surface area contributed by atoms with Crippen molar-refractivity contribution in [1.29, 1.82) is 0 Å². The van der Waals surface area contributed by atoms with Crippen LogP contribution in [-0.2, 0) is 24.2 Å². The predicted molar refractivity (Wildman–Crippen MR) is 116 cm³/mol. The van der Waals surface area contributed by atoms with Gasteiger partial charge in [0.1, 0.15) is 12.4 Å². The SMILES string of the molecule is O=C(NC1CCCc2c1cnn2Cc1ccccc1)C1COc2ccc(Cl)cc2C1. The Morgan fingerprint density at radius 2 is 2.10 bits per heavy atom. The van der Waals surface area contributed by atoms with Gasteiger partial charge < -0.3 is 10.1 Å². The van der Waals surface area contributed by atoms with Crippen molar-refractivity contribution in [1.82, 2.24) is 15.1 Å². The summed E-state index contributed by atoms with van der Waals surface area (Å²) < 4.78 is 7.88. The van der Waals surface area contributed by atoms with Gasteiger partial charge >= 0.3 is 0 Å². The van der Waals surface area contributed by atoms with Crippen LogP contribution in [0.5, 0.6) is 5.75 Å². The van der Waals surface area contributed by atoms with Gasteiger partial charge in [-0.15, -0.1) is 0 Å². The number of benzene rings is 2. The molecule has 2 atom stereocenters. The van der Waals surface area contributed by atoms with Crippen molar-refractivity contribution in [2.45, 2.75) is 38.3 Å². The maximum absolute atomic E-state index is 13.0. The molecule has 154 valence electrons. The van der Waals surface area contributed by atoms with E-state index in [0.717, 1.165) is 42.7 Å². The Balaban J connectivity index is 1.29. The minimum atomic E-state index is -0.208. The fraction of sp³-hybridized carbons (Fsp3) is 0.333. The molecule has 1 amide bonds. The number of amides is 1. The van der Waals surface area contributed by atoms with Crippen LogP contribution in [0.2, 0.25) is 5.02 Å². The molecule has 2 aliphatic rings. The summed E-state index contributed by atoms with van der Waals surface area (Å²) in [4.78, 5) is 13.0. The van der Waals surface area contributed by atoms with E-state index in [-0.39, 0.29) is 17.9 Å². The van der Waals surface area contributed by atoms with E-state index in [4.69, 9.17) is 16.3 Å². The van der Waals surface area contributed by atoms with Crippen LogP contribution in [0.25, 0.3) is 0 Å². The van der Waals surface area contributed by atoms with Gasteiger partial charge in [0.05, 0.1) is 24.7 Å². The highest BCUT2D eigenvalue weighted by atomic mass is 35.5. The van der Waals surface area contributed by atoms with Crippen molar-refractivity contribution in [2.75, 3.05) is 6.61 Å². The first kappa shape index (κ1) is 19.2. The average Bonchev–Trinajstić information content (AvgIpc) is 3.17. The summed E-state index contributed by atoms with van der Waals surface area (Å²) >= 11 is 6.11. The molecule has 0 saturated heterocycles. The summed E-state index contributed by atoms with van der Waals surface area (Å²) in [5.74, 6) is 0.653. The molecule has 0 fully saturated rings. The van der Waals surface area contributed by atoms with E-state index in [1.54, 1.807) is 0 Å². The lowest BCUT2D eigenvalue weighted by Crippen LogP contribution is -2.40. The van der Waals surface area contributed by atoms with Crippen LogP contribution in [0.15, 0.2) is 54.7 Å². The molecule has 0 radical (unpaired) electrons. The maximum Gasteiger partial charge on any atom is 0.227 e. The zero-order valence-electron chi connectivity index (χ0n) is 16.7. The van der Waals surface area contributed by atoms with Gasteiger partial charge in [-0.3, -0.25) is 9.48 Å². The van der Waals surface area contributed by atoms with Crippen LogP contribution < -0.4 is 10.1 Å². The lowest BCUT2D eigenvalue weighted by atomic mass is 9.91. The van der Waals surface area contributed by atoms with E-state index in [0.29, 0.717) is 18.1 Å². The van der Waals surface area contributed by atoms with Crippen molar-refractivity contribution in [2.24, 2.45) is 5.92 Å². The second-order valence-electron chi connectivity index (χ2n) is 8.11. The highest BCUT2D eigenvalue weighted by Gasteiger charge is 2.31. The number of rotatable bonds is 4. The molecule has 1 N–H and O–H groups in total. The Morgan fingerprint density at radius 3 is 2.97 bits per heavy atom. The average molecular weight is 422 g/mol. The smallest absolute Gasteiger partial charge is 0.227 e. The molecular weight excluding hydrogens is 398 g/mol. The van der Waals surface area contributed by atoms with Crippen LogP contribution >= 0.6 is 11.6 Å². The van der Waals surface area contributed by atoms with Crippen molar-refractivity contribution in [3.05, 3.63) is 82.1 Å². The highest BCUT2D eigenvalue weighted by molar-refractivity contribution is 6.30. The normalized spacial score (nSPS) is 20.0. The Bertz CT molecular complexity index is 1060. The maximum atomic E-state index is 13.0. The number of carbonyl (C=O) groups is 1. The van der Waals surface area contributed by atoms with Crippen LogP contribution in [0.1, 0.15) is 41.3 Å². The number of carbonyl (C=O) groups excluding carboxylic acids is 1. The standard InChI is InChI=1S/C24H24ClN3O2/c25-19-9-10-23-17(12-19)11-18(15-30-23)24(29)27-21-7-4-8-22-20(21)13-26-28(22)14-16-5-2-1-3-6-16/h1-3,5-6,9-10,12-13,18,21H,4,7-8,11,14-15H2,(H,27,29). The minimum Gasteiger partial charge on any atom is -0.492 e. The Morgan fingerprint density at radius 1 is 1.23 bits per heavy atom. The fourth-order valence-corrected chi connectivity index (χ4v) is 4.68. The molecule has 2 aromatic carbocycles. The molecule has 0 spiro atoms. The minimum absolute atomic E-state index is 0.00605. The van der Waals surface area contributed by atoms with Gasteiger partial charge in [-0.25, -0.2) is 0 Å². The highest BCUT2D eigenvalue weighted by Crippen LogP contribution is 2.32. The first-order chi connectivity index (χ1) is 14.7. The molecule has 0 bridgehead atoms. The number of hydrogen-bond donors (Lipinski definition) is 1. The van der Waals surface area contributed by atoms with Gasteiger partial charge in [0.25, 0.3) is 0 Å². The third kappa shape index (κ3) is 3.82. The van der Waals surface area contributed by atoms with Crippen molar-refractivity contribution in [3.8, 4) is 5.75 Å². The number of aromatic nitrogens is 2. The Kier molecular flexibility index (Phi) is 5.21. The molecular formula is C24H24ClN3O2. The molecule has 30 heavy (non-hydrogen) atoms. The molecule has 1 aliphatic heterocycles. The molecule has 0 saturated carbocycles. The zero-order chi connectivity index (χ0) is 20.5. The third-order valence-electron chi connectivity index (χ3n) is 6.05. The molecule has 3 aromatic rings. The molecule has 1 aromatic heterocycles. The monoisotopic (exact) mass is 421 g/mol. The van der Waals surface area contributed by atoms with Gasteiger partial charge in [-0.2, -0.15) is 5.10 Å². The van der Waals surface area contributed by atoms with Gasteiger partial charge in [-0.05, 0) is 55.0 Å². The van der Waals surface area contributed by atoms with Gasteiger partial charge in [0, 0.05) is 16.3 Å². The summed E-state index contributed by atoms with van der Waals surface area (Å²) in [5, 5.41) is 8.56. The number of nitrogens with zero attached hydrogens (tertiary/aromatic N) is 2. The number of fused-ring (bicyclic) bond motifs is 2. The lowest BCUT2D eigenvalue weighted by Gasteiger charge is -2.29. The van der Waals surface area contributed by atoms with Crippen molar-refractivity contribution in [3.63, 3.8) is 0 Å². The lowest BCUT2D eigenvalue weighted by molar-refractivity contribution is -0.127. The number of hydrogen-bond acceptors (Lipinski definition) is 3. The zero-order valence-corrected chi connectivity index (χ0v) is 17.4. The number of halogens is 1. The van der Waals surface area contributed by atoms with Crippen LogP contribution in [0, 0.1) is 5.92 Å². The van der Waals surface area contributed by atoms with Crippen molar-refractivity contribution < 1.29 is 9.53 Å². The van der Waals surface area contributed by atoms with Crippen LogP contribution in [0.3, 0.4) is 0 Å². The summed E-state index contributed by atoms with van der Waals surface area (Å²) in [6.45, 7) is 1.15. The quantitative estimate of drug-likeness (QED) is 0.682. The van der Waals surface area contributed by atoms with Gasteiger partial charge in [0.2, 0.25) is 5.91 Å². The molecule has 6 heteroatoms. The Labute approximate surface area is 181 Å². The topological polar surface area (TPSA) is 56.2 Å². The fourth-order valence-electron chi connectivity index (χ4n) is 4.48. The van der Waals surface area contributed by atoms with E-state index in [9.17, 15) is 4.79 Å². The molecule has 5 nitrogen and oxygen atoms in total. The second-order valence-corrected chi connectivity index (χ2v) is 8.54. The predicted octanol–water partition coefficient (Wildman–Crippen LogP) is 4.33. The van der Waals surface area contributed by atoms with Crippen LogP contribution in [-0.4, -0.2) is 22.3 Å². The number of nitrogens with one attached hydrogen (secondary N) is 1. The van der Waals surface area contributed by atoms with Crippen molar-refractivity contribution >= 4 is 17.5 Å². The second kappa shape index (κ2) is 8.15. The first-order valence-electron chi connectivity index (χ1n) is 10.5. The summed E-state index contributed by atoms with van der Waals surface area (Å²) in [6.07, 6.45) is 5.54. The molecule has 2 heterocycles. The number of ether oxygens (including phenoxy) is 1. The molecule has 5 rings (SSSR count). The molecule has 2 unspecified atom stereocenters. The van der Waals surface area contributed by atoms with E-state index in [2.05, 4.69) is 27.2 Å². The molecule has 1 aliphatic carbocycles. The van der Waals surface area contributed by atoms with Gasteiger partial charge in [-0.1, -0.05) is 41.9 Å². The Hall–Kier alpha value is -2.79. The summed E-state index contributed by atoms with van der Waals surface area (Å²) in [6, 6.07) is 15.9. The summed E-state index contributed by atoms with van der Waals surface area (Å²) in [7, 11) is 0. The third-order valence-corrected chi connectivity index (χ3v) is 6.29. The van der Waals surface area contributed by atoms with E-state index in [1.165, 1.54) is 11.3 Å². The van der Waals surface area contributed by atoms with E-state index >= 15 is 0 Å².